The first kappa shape index (κ1) is 18.4. The summed E-state index contributed by atoms with van der Waals surface area (Å²) in [7, 11) is 2.04. The third kappa shape index (κ3) is 5.30. The van der Waals surface area contributed by atoms with Crippen LogP contribution in [0.5, 0.6) is 0 Å². The monoisotopic (exact) mass is 367 g/mol. The van der Waals surface area contributed by atoms with Gasteiger partial charge < -0.3 is 10.2 Å². The van der Waals surface area contributed by atoms with E-state index in [4.69, 9.17) is 0 Å². The van der Waals surface area contributed by atoms with E-state index < -0.39 is 0 Å². The van der Waals surface area contributed by atoms with E-state index in [2.05, 4.69) is 39.5 Å². The third-order valence-electron chi connectivity index (χ3n) is 4.35. The zero-order valence-electron chi connectivity index (χ0n) is 15.1. The minimum atomic E-state index is 0.135. The lowest BCUT2D eigenvalue weighted by molar-refractivity contribution is -0.121. The van der Waals surface area contributed by atoms with E-state index in [1.54, 1.807) is 11.3 Å². The van der Waals surface area contributed by atoms with Gasteiger partial charge in [0.15, 0.2) is 0 Å². The summed E-state index contributed by atoms with van der Waals surface area (Å²) in [5.74, 6) is 0.135. The van der Waals surface area contributed by atoms with Gasteiger partial charge in [-0.25, -0.2) is 4.98 Å². The Hall–Kier alpha value is -2.40. The Bertz CT molecular complexity index is 798. The highest BCUT2D eigenvalue weighted by Crippen LogP contribution is 2.22. The van der Waals surface area contributed by atoms with Crippen LogP contribution in [0.3, 0.4) is 0 Å². The molecule has 1 aromatic heterocycles. The smallest absolute Gasteiger partial charge is 0.220 e. The Labute approximate surface area is 158 Å². The number of hydrogen-bond donors (Lipinski definition) is 1. The van der Waals surface area contributed by atoms with Crippen LogP contribution in [-0.2, 0) is 11.2 Å². The number of fused-ring (bicyclic) bond motifs is 1. The normalized spacial score (nSPS) is 10.8. The number of para-hydroxylation sites is 2. The number of nitrogens with zero attached hydrogens (tertiary/aromatic N) is 2. The lowest BCUT2D eigenvalue weighted by Crippen LogP contribution is -2.32. The number of unbranched alkanes of at least 4 members (excludes halogenated alkanes) is 1. The summed E-state index contributed by atoms with van der Waals surface area (Å²) in [6.45, 7) is 1.48. The molecule has 0 radical (unpaired) electrons. The van der Waals surface area contributed by atoms with Gasteiger partial charge in [-0.1, -0.05) is 30.3 Å². The maximum absolute atomic E-state index is 12.0. The minimum absolute atomic E-state index is 0.135. The van der Waals surface area contributed by atoms with Crippen molar-refractivity contribution in [2.24, 2.45) is 0 Å². The molecule has 0 unspecified atom stereocenters. The Balaban J connectivity index is 1.30. The number of carbonyl (C=O) groups is 1. The van der Waals surface area contributed by atoms with Crippen molar-refractivity contribution in [1.29, 1.82) is 0 Å². The summed E-state index contributed by atoms with van der Waals surface area (Å²) in [5.41, 5.74) is 2.24. The molecule has 4 nitrogen and oxygen atoms in total. The Morgan fingerprint density at radius 3 is 2.65 bits per heavy atom. The molecule has 0 fully saturated rings. The van der Waals surface area contributed by atoms with E-state index in [0.717, 1.165) is 42.0 Å². The Morgan fingerprint density at radius 2 is 1.85 bits per heavy atom. The highest BCUT2D eigenvalue weighted by atomic mass is 32.1. The molecule has 0 bridgehead atoms. The number of thiazole rings is 1. The summed E-state index contributed by atoms with van der Waals surface area (Å²) in [6.07, 6.45) is 3.43. The van der Waals surface area contributed by atoms with Crippen LogP contribution in [0, 0.1) is 0 Å². The number of likely N-dealkylation sites (N-methyl/N-ethyl adjacent to an activating group) is 1. The zero-order valence-corrected chi connectivity index (χ0v) is 16.0. The average molecular weight is 368 g/mol. The van der Waals surface area contributed by atoms with Crippen LogP contribution in [0.15, 0.2) is 54.6 Å². The second-order valence-corrected chi connectivity index (χ2v) is 7.50. The minimum Gasteiger partial charge on any atom is -0.373 e. The number of hydrogen-bond acceptors (Lipinski definition) is 4. The van der Waals surface area contributed by atoms with Gasteiger partial charge in [0.2, 0.25) is 5.91 Å². The summed E-state index contributed by atoms with van der Waals surface area (Å²) in [4.78, 5) is 18.8. The van der Waals surface area contributed by atoms with Gasteiger partial charge in [0.1, 0.15) is 0 Å². The van der Waals surface area contributed by atoms with Gasteiger partial charge >= 0.3 is 0 Å². The predicted octanol–water partition coefficient (Wildman–Crippen LogP) is 4.26. The maximum Gasteiger partial charge on any atom is 0.220 e. The molecular weight excluding hydrogens is 342 g/mol. The number of nitrogens with one attached hydrogen (secondary N) is 1. The van der Waals surface area contributed by atoms with E-state index in [-0.39, 0.29) is 5.91 Å². The number of rotatable bonds is 9. The molecule has 5 heteroatoms. The average Bonchev–Trinajstić information content (AvgIpc) is 3.09. The van der Waals surface area contributed by atoms with Gasteiger partial charge in [-0.2, -0.15) is 0 Å². The molecule has 136 valence electrons. The predicted molar refractivity (Wildman–Crippen MR) is 110 cm³/mol. The fourth-order valence-electron chi connectivity index (χ4n) is 2.85. The van der Waals surface area contributed by atoms with Gasteiger partial charge in [0.05, 0.1) is 15.2 Å². The van der Waals surface area contributed by atoms with Crippen LogP contribution < -0.4 is 10.2 Å². The molecule has 0 spiro atoms. The molecule has 26 heavy (non-hydrogen) atoms. The quantitative estimate of drug-likeness (QED) is 0.575. The fraction of sp³-hybridized carbons (Fsp3) is 0.333. The summed E-state index contributed by atoms with van der Waals surface area (Å²) >= 11 is 1.75. The number of amides is 1. The van der Waals surface area contributed by atoms with Gasteiger partial charge in [-0.3, -0.25) is 4.79 Å². The van der Waals surface area contributed by atoms with E-state index in [1.807, 2.05) is 37.4 Å². The highest BCUT2D eigenvalue weighted by molar-refractivity contribution is 7.18. The summed E-state index contributed by atoms with van der Waals surface area (Å²) < 4.78 is 1.24. The van der Waals surface area contributed by atoms with Crippen LogP contribution in [0.4, 0.5) is 5.69 Å². The molecule has 1 heterocycles. The number of aryl methyl sites for hydroxylation is 1. The largest absolute Gasteiger partial charge is 0.373 e. The van der Waals surface area contributed by atoms with Crippen molar-refractivity contribution in [3.8, 4) is 0 Å². The van der Waals surface area contributed by atoms with Crippen LogP contribution in [0.25, 0.3) is 10.2 Å². The van der Waals surface area contributed by atoms with Crippen molar-refractivity contribution in [2.45, 2.75) is 25.7 Å². The maximum atomic E-state index is 12.0. The van der Waals surface area contributed by atoms with Gasteiger partial charge in [0, 0.05) is 32.2 Å². The van der Waals surface area contributed by atoms with Crippen LogP contribution in [0.2, 0.25) is 0 Å². The first-order valence-corrected chi connectivity index (χ1v) is 9.91. The summed E-state index contributed by atoms with van der Waals surface area (Å²) in [6, 6.07) is 18.4. The van der Waals surface area contributed by atoms with Crippen molar-refractivity contribution < 1.29 is 4.79 Å². The molecule has 1 amide bonds. The molecule has 3 rings (SSSR count). The second-order valence-electron chi connectivity index (χ2n) is 6.39. The molecule has 0 aliphatic rings. The first-order valence-electron chi connectivity index (χ1n) is 9.10. The number of benzene rings is 2. The van der Waals surface area contributed by atoms with E-state index in [9.17, 15) is 4.79 Å². The van der Waals surface area contributed by atoms with Crippen LogP contribution in [-0.4, -0.2) is 31.0 Å². The number of carbonyl (C=O) groups excluding carboxylic acids is 1. The zero-order chi connectivity index (χ0) is 18.2. The standard InChI is InChI=1S/C21H25N3OS/c1-24(17-9-3-2-4-10-17)16-15-22-20(25)13-7-8-14-21-23-18-11-5-6-12-19(18)26-21/h2-6,9-12H,7-8,13-16H2,1H3,(H,22,25). The van der Waals surface area contributed by atoms with Crippen LogP contribution in [0.1, 0.15) is 24.3 Å². The van der Waals surface area contributed by atoms with Gasteiger partial charge in [0.25, 0.3) is 0 Å². The topological polar surface area (TPSA) is 45.2 Å². The summed E-state index contributed by atoms with van der Waals surface area (Å²) in [5, 5.41) is 4.17. The number of anilines is 1. The van der Waals surface area contributed by atoms with Crippen molar-refractivity contribution in [2.75, 3.05) is 25.0 Å². The molecule has 2 aromatic carbocycles. The molecule has 0 aliphatic carbocycles. The molecule has 1 N–H and O–H groups in total. The molecule has 3 aromatic rings. The first-order chi connectivity index (χ1) is 12.7. The molecule has 0 saturated carbocycles. The highest BCUT2D eigenvalue weighted by Gasteiger charge is 2.05. The second kappa shape index (κ2) is 9.34. The van der Waals surface area contributed by atoms with E-state index in [0.29, 0.717) is 13.0 Å². The van der Waals surface area contributed by atoms with E-state index in [1.165, 1.54) is 4.70 Å². The molecule has 0 aliphatic heterocycles. The number of aromatic nitrogens is 1. The lowest BCUT2D eigenvalue weighted by Gasteiger charge is -2.19. The molecule has 0 saturated heterocycles. The van der Waals surface area contributed by atoms with Crippen molar-refractivity contribution in [3.05, 3.63) is 59.6 Å². The van der Waals surface area contributed by atoms with E-state index >= 15 is 0 Å². The van der Waals surface area contributed by atoms with Crippen molar-refractivity contribution in [3.63, 3.8) is 0 Å². The van der Waals surface area contributed by atoms with Crippen molar-refractivity contribution in [1.82, 2.24) is 10.3 Å². The Morgan fingerprint density at radius 1 is 1.08 bits per heavy atom. The van der Waals surface area contributed by atoms with Gasteiger partial charge in [-0.15, -0.1) is 11.3 Å². The Kier molecular flexibility index (Phi) is 6.61. The fourth-order valence-corrected chi connectivity index (χ4v) is 3.86. The van der Waals surface area contributed by atoms with Crippen LogP contribution >= 0.6 is 11.3 Å². The van der Waals surface area contributed by atoms with Gasteiger partial charge in [-0.05, 0) is 43.5 Å². The van der Waals surface area contributed by atoms with Crippen molar-refractivity contribution >= 4 is 33.1 Å². The SMILES string of the molecule is CN(CCNC(=O)CCCCc1nc2ccccc2s1)c1ccccc1. The molecular formula is C21H25N3OS. The third-order valence-corrected chi connectivity index (χ3v) is 5.45. The lowest BCUT2D eigenvalue weighted by atomic mass is 10.2. The molecule has 0 atom stereocenters.